The monoisotopic (exact) mass is 425 g/mol. The lowest BCUT2D eigenvalue weighted by Crippen LogP contribution is -2.15. The number of aromatic nitrogens is 2. The number of carbonyl (C=O) groups is 1. The van der Waals surface area contributed by atoms with E-state index in [-0.39, 0.29) is 18.1 Å². The van der Waals surface area contributed by atoms with Crippen LogP contribution in [-0.2, 0) is 6.61 Å². The summed E-state index contributed by atoms with van der Waals surface area (Å²) < 4.78 is 7.36. The Bertz CT molecular complexity index is 1270. The number of rotatable bonds is 5. The average Bonchev–Trinajstić information content (AvgIpc) is 3.16. The Hall–Kier alpha value is -3.16. The SMILES string of the molecule is Cc1ccc(OCc2cc(=O)n3ccsc3n2)c(NC(=O)c2cccc(Cl)c2)c1. The van der Waals surface area contributed by atoms with Gasteiger partial charge in [0, 0.05) is 28.2 Å². The highest BCUT2D eigenvalue weighted by molar-refractivity contribution is 7.15. The van der Waals surface area contributed by atoms with E-state index < -0.39 is 0 Å². The molecule has 0 fully saturated rings. The number of anilines is 1. The molecule has 0 spiro atoms. The lowest BCUT2D eigenvalue weighted by Gasteiger charge is -2.13. The van der Waals surface area contributed by atoms with Crippen molar-refractivity contribution in [2.24, 2.45) is 0 Å². The first-order chi connectivity index (χ1) is 14.0. The number of nitrogens with one attached hydrogen (secondary N) is 1. The maximum atomic E-state index is 12.6. The van der Waals surface area contributed by atoms with Gasteiger partial charge in [-0.15, -0.1) is 11.3 Å². The molecule has 2 aromatic heterocycles. The van der Waals surface area contributed by atoms with E-state index >= 15 is 0 Å². The molecule has 0 aliphatic rings. The van der Waals surface area contributed by atoms with Crippen LogP contribution in [0.3, 0.4) is 0 Å². The summed E-state index contributed by atoms with van der Waals surface area (Å²) in [5.74, 6) is 0.193. The number of amides is 1. The molecule has 4 rings (SSSR count). The van der Waals surface area contributed by atoms with Crippen molar-refractivity contribution in [1.82, 2.24) is 9.38 Å². The van der Waals surface area contributed by atoms with Gasteiger partial charge in [-0.25, -0.2) is 4.98 Å². The normalized spacial score (nSPS) is 10.8. The third-order valence-corrected chi connectivity index (χ3v) is 5.19. The number of hydrogen-bond donors (Lipinski definition) is 1. The molecule has 0 saturated carbocycles. The van der Waals surface area contributed by atoms with E-state index in [2.05, 4.69) is 10.3 Å². The molecule has 4 aromatic rings. The predicted octanol–water partition coefficient (Wildman–Crippen LogP) is 4.55. The lowest BCUT2D eigenvalue weighted by molar-refractivity contribution is 0.102. The van der Waals surface area contributed by atoms with Crippen molar-refractivity contribution in [2.45, 2.75) is 13.5 Å². The fraction of sp³-hybridized carbons (Fsp3) is 0.0952. The summed E-state index contributed by atoms with van der Waals surface area (Å²) in [5.41, 5.74) is 2.31. The van der Waals surface area contributed by atoms with Crippen LogP contribution < -0.4 is 15.6 Å². The van der Waals surface area contributed by atoms with Crippen molar-refractivity contribution in [1.29, 1.82) is 0 Å². The fourth-order valence-corrected chi connectivity index (χ4v) is 3.73. The maximum absolute atomic E-state index is 12.6. The van der Waals surface area contributed by atoms with E-state index in [9.17, 15) is 9.59 Å². The number of ether oxygens (including phenoxy) is 1. The Labute approximate surface area is 175 Å². The second-order valence-corrected chi connectivity index (χ2v) is 7.70. The van der Waals surface area contributed by atoms with Gasteiger partial charge < -0.3 is 10.1 Å². The molecular formula is C21H16ClN3O3S. The summed E-state index contributed by atoms with van der Waals surface area (Å²) in [6.45, 7) is 2.03. The molecule has 0 aliphatic heterocycles. The first kappa shape index (κ1) is 19.2. The van der Waals surface area contributed by atoms with Gasteiger partial charge in [-0.1, -0.05) is 23.7 Å². The van der Waals surface area contributed by atoms with E-state index in [4.69, 9.17) is 16.3 Å². The van der Waals surface area contributed by atoms with Gasteiger partial charge >= 0.3 is 0 Å². The molecule has 0 radical (unpaired) electrons. The maximum Gasteiger partial charge on any atom is 0.258 e. The summed E-state index contributed by atoms with van der Waals surface area (Å²) in [5, 5.41) is 5.15. The molecule has 0 unspecified atom stereocenters. The van der Waals surface area contributed by atoms with Gasteiger partial charge in [0.1, 0.15) is 12.4 Å². The molecule has 0 aliphatic carbocycles. The smallest absolute Gasteiger partial charge is 0.258 e. The molecule has 2 aromatic carbocycles. The van der Waals surface area contributed by atoms with Gasteiger partial charge in [-0.3, -0.25) is 14.0 Å². The lowest BCUT2D eigenvalue weighted by atomic mass is 10.1. The Kier molecular flexibility index (Phi) is 5.33. The fourth-order valence-electron chi connectivity index (χ4n) is 2.81. The highest BCUT2D eigenvalue weighted by atomic mass is 35.5. The van der Waals surface area contributed by atoms with Crippen molar-refractivity contribution in [3.05, 3.63) is 92.3 Å². The van der Waals surface area contributed by atoms with Crippen molar-refractivity contribution < 1.29 is 9.53 Å². The molecule has 1 N–H and O–H groups in total. The van der Waals surface area contributed by atoms with Crippen molar-refractivity contribution in [3.8, 4) is 5.75 Å². The minimum absolute atomic E-state index is 0.104. The van der Waals surface area contributed by atoms with Crippen LogP contribution in [0.1, 0.15) is 21.6 Å². The number of nitrogens with zero attached hydrogens (tertiary/aromatic N) is 2. The summed E-state index contributed by atoms with van der Waals surface area (Å²) in [6.07, 6.45) is 1.68. The molecule has 0 atom stereocenters. The minimum Gasteiger partial charge on any atom is -0.485 e. The van der Waals surface area contributed by atoms with Crippen LogP contribution in [0.4, 0.5) is 5.69 Å². The van der Waals surface area contributed by atoms with E-state index in [0.717, 1.165) is 5.56 Å². The summed E-state index contributed by atoms with van der Waals surface area (Å²) in [7, 11) is 0. The first-order valence-electron chi connectivity index (χ1n) is 8.76. The molecule has 0 bridgehead atoms. The second-order valence-electron chi connectivity index (χ2n) is 6.39. The Morgan fingerprint density at radius 3 is 2.93 bits per heavy atom. The molecule has 29 heavy (non-hydrogen) atoms. The topological polar surface area (TPSA) is 72.7 Å². The molecule has 146 valence electrons. The van der Waals surface area contributed by atoms with Crippen LogP contribution in [0.15, 0.2) is 64.9 Å². The van der Waals surface area contributed by atoms with Crippen LogP contribution in [-0.4, -0.2) is 15.3 Å². The van der Waals surface area contributed by atoms with Crippen molar-refractivity contribution in [2.75, 3.05) is 5.32 Å². The predicted molar refractivity (Wildman–Crippen MR) is 114 cm³/mol. The molecule has 1 amide bonds. The average molecular weight is 426 g/mol. The molecular weight excluding hydrogens is 410 g/mol. The highest BCUT2D eigenvalue weighted by Gasteiger charge is 2.12. The van der Waals surface area contributed by atoms with Crippen molar-refractivity contribution in [3.63, 3.8) is 0 Å². The molecule has 2 heterocycles. The summed E-state index contributed by atoms with van der Waals surface area (Å²) in [4.78, 5) is 29.7. The largest absolute Gasteiger partial charge is 0.485 e. The Morgan fingerprint density at radius 1 is 1.24 bits per heavy atom. The van der Waals surface area contributed by atoms with Crippen LogP contribution in [0.25, 0.3) is 4.96 Å². The number of thiazole rings is 1. The number of benzene rings is 2. The highest BCUT2D eigenvalue weighted by Crippen LogP contribution is 2.27. The van der Waals surface area contributed by atoms with Crippen LogP contribution >= 0.6 is 22.9 Å². The van der Waals surface area contributed by atoms with Gasteiger partial charge in [0.05, 0.1) is 11.4 Å². The summed E-state index contributed by atoms with van der Waals surface area (Å²) in [6, 6.07) is 13.6. The Morgan fingerprint density at radius 2 is 2.10 bits per heavy atom. The van der Waals surface area contributed by atoms with Gasteiger partial charge in [0.2, 0.25) is 0 Å². The zero-order valence-electron chi connectivity index (χ0n) is 15.4. The standard InChI is InChI=1S/C21H16ClN3O3S/c1-13-5-6-18(17(9-13)24-20(27)14-3-2-4-15(22)10-14)28-12-16-11-19(26)25-7-8-29-21(25)23-16/h2-11H,12H2,1H3,(H,24,27). The van der Waals surface area contributed by atoms with Gasteiger partial charge in [0.25, 0.3) is 11.5 Å². The molecule has 6 nitrogen and oxygen atoms in total. The van der Waals surface area contributed by atoms with Gasteiger partial charge in [-0.05, 0) is 42.8 Å². The number of carbonyl (C=O) groups excluding carboxylic acids is 1. The number of halogens is 1. The number of fused-ring (bicyclic) bond motifs is 1. The zero-order chi connectivity index (χ0) is 20.4. The van der Waals surface area contributed by atoms with Crippen LogP contribution in [0.2, 0.25) is 5.02 Å². The number of aryl methyl sites for hydroxylation is 1. The summed E-state index contributed by atoms with van der Waals surface area (Å²) >= 11 is 7.35. The minimum atomic E-state index is -0.292. The van der Waals surface area contributed by atoms with Crippen LogP contribution in [0.5, 0.6) is 5.75 Å². The molecule has 8 heteroatoms. The second kappa shape index (κ2) is 8.06. The quantitative estimate of drug-likeness (QED) is 0.509. The van der Waals surface area contributed by atoms with Crippen molar-refractivity contribution >= 4 is 39.5 Å². The zero-order valence-corrected chi connectivity index (χ0v) is 17.0. The molecule has 0 saturated heterocycles. The van der Waals surface area contributed by atoms with E-state index in [1.165, 1.54) is 21.8 Å². The van der Waals surface area contributed by atoms with E-state index in [1.54, 1.807) is 41.9 Å². The first-order valence-corrected chi connectivity index (χ1v) is 10.0. The third-order valence-electron chi connectivity index (χ3n) is 4.20. The third kappa shape index (κ3) is 4.31. The number of hydrogen-bond acceptors (Lipinski definition) is 5. The van der Waals surface area contributed by atoms with Gasteiger partial charge in [-0.2, -0.15) is 0 Å². The Balaban J connectivity index is 1.56. The van der Waals surface area contributed by atoms with E-state index in [0.29, 0.717) is 32.7 Å². The van der Waals surface area contributed by atoms with Crippen LogP contribution in [0, 0.1) is 6.92 Å². The van der Waals surface area contributed by atoms with E-state index in [1.807, 2.05) is 19.1 Å². The van der Waals surface area contributed by atoms with Gasteiger partial charge in [0.15, 0.2) is 4.96 Å².